The van der Waals surface area contributed by atoms with E-state index in [2.05, 4.69) is 5.32 Å². The van der Waals surface area contributed by atoms with Gasteiger partial charge >= 0.3 is 0 Å². The maximum Gasteiger partial charge on any atom is 0.228 e. The van der Waals surface area contributed by atoms with E-state index in [1.165, 1.54) is 18.0 Å². The second kappa shape index (κ2) is 6.10. The van der Waals surface area contributed by atoms with Gasteiger partial charge in [0.2, 0.25) is 5.91 Å². The summed E-state index contributed by atoms with van der Waals surface area (Å²) in [6, 6.07) is 3.39. The highest BCUT2D eigenvalue weighted by Crippen LogP contribution is 2.20. The minimum atomic E-state index is -0.715. The highest BCUT2D eigenvalue weighted by molar-refractivity contribution is 5.93. The Bertz CT molecular complexity index is 459. The number of amides is 1. The van der Waals surface area contributed by atoms with E-state index in [9.17, 15) is 13.6 Å². The number of carbonyl (C=O) groups excluding carboxylic acids is 1. The third-order valence-corrected chi connectivity index (χ3v) is 3.48. The Morgan fingerprint density at radius 2 is 2.21 bits per heavy atom. The third-order valence-electron chi connectivity index (χ3n) is 3.48. The van der Waals surface area contributed by atoms with Crippen molar-refractivity contribution in [2.75, 3.05) is 18.5 Å². The van der Waals surface area contributed by atoms with Gasteiger partial charge in [-0.3, -0.25) is 4.79 Å². The summed E-state index contributed by atoms with van der Waals surface area (Å²) in [4.78, 5) is 13.3. The topological polar surface area (TPSA) is 32.3 Å². The maximum atomic E-state index is 13.6. The largest absolute Gasteiger partial charge is 0.313 e. The average molecular weight is 268 g/mol. The molecule has 1 atom stereocenters. The van der Waals surface area contributed by atoms with Crippen LogP contribution in [-0.4, -0.2) is 25.5 Å². The first-order valence-corrected chi connectivity index (χ1v) is 6.53. The molecular formula is C14H18F2N2O. The predicted octanol–water partition coefficient (Wildman–Crippen LogP) is 2.46. The number of piperidine rings is 1. The SMILES string of the molecule is CN(C(=O)CC1CCCCN1)c1ccc(F)cc1F. The Morgan fingerprint density at radius 3 is 2.84 bits per heavy atom. The monoisotopic (exact) mass is 268 g/mol. The lowest BCUT2D eigenvalue weighted by Crippen LogP contribution is -2.39. The van der Waals surface area contributed by atoms with E-state index in [1.54, 1.807) is 0 Å². The van der Waals surface area contributed by atoms with Gasteiger partial charge < -0.3 is 10.2 Å². The van der Waals surface area contributed by atoms with Crippen LogP contribution in [0.15, 0.2) is 18.2 Å². The smallest absolute Gasteiger partial charge is 0.228 e. The molecule has 0 spiro atoms. The maximum absolute atomic E-state index is 13.6. The summed E-state index contributed by atoms with van der Waals surface area (Å²) in [5.41, 5.74) is 0.113. The minimum Gasteiger partial charge on any atom is -0.313 e. The number of benzene rings is 1. The van der Waals surface area contributed by atoms with Crippen LogP contribution in [0.3, 0.4) is 0 Å². The zero-order chi connectivity index (χ0) is 13.8. The van der Waals surface area contributed by atoms with Crippen molar-refractivity contribution in [2.45, 2.75) is 31.7 Å². The van der Waals surface area contributed by atoms with Crippen LogP contribution in [0, 0.1) is 11.6 Å². The Balaban J connectivity index is 2.01. The van der Waals surface area contributed by atoms with Gasteiger partial charge in [-0.15, -0.1) is 0 Å². The first-order chi connectivity index (χ1) is 9.08. The minimum absolute atomic E-state index is 0.113. The number of nitrogens with zero attached hydrogens (tertiary/aromatic N) is 1. The summed E-state index contributed by atoms with van der Waals surface area (Å²) >= 11 is 0. The summed E-state index contributed by atoms with van der Waals surface area (Å²) in [6.45, 7) is 0.923. The molecule has 1 heterocycles. The van der Waals surface area contributed by atoms with Crippen molar-refractivity contribution in [2.24, 2.45) is 0 Å². The van der Waals surface area contributed by atoms with E-state index in [1.807, 2.05) is 0 Å². The Kier molecular flexibility index (Phi) is 4.47. The summed E-state index contributed by atoms with van der Waals surface area (Å²) < 4.78 is 26.4. The molecule has 1 N–H and O–H groups in total. The second-order valence-electron chi connectivity index (χ2n) is 4.90. The molecule has 1 aliphatic rings. The fraction of sp³-hybridized carbons (Fsp3) is 0.500. The molecule has 0 radical (unpaired) electrons. The number of nitrogens with one attached hydrogen (secondary N) is 1. The lowest BCUT2D eigenvalue weighted by molar-refractivity contribution is -0.118. The van der Waals surface area contributed by atoms with Gasteiger partial charge in [0.05, 0.1) is 5.69 Å². The van der Waals surface area contributed by atoms with Crippen molar-refractivity contribution in [1.29, 1.82) is 0 Å². The van der Waals surface area contributed by atoms with Crippen LogP contribution in [-0.2, 0) is 4.79 Å². The van der Waals surface area contributed by atoms with Crippen molar-refractivity contribution in [1.82, 2.24) is 5.32 Å². The molecule has 1 fully saturated rings. The molecule has 0 bridgehead atoms. The highest BCUT2D eigenvalue weighted by Gasteiger charge is 2.21. The molecule has 1 aromatic carbocycles. The zero-order valence-corrected chi connectivity index (χ0v) is 11.0. The molecule has 19 heavy (non-hydrogen) atoms. The van der Waals surface area contributed by atoms with E-state index in [-0.39, 0.29) is 17.6 Å². The van der Waals surface area contributed by atoms with E-state index in [0.717, 1.165) is 37.9 Å². The summed E-state index contributed by atoms with van der Waals surface area (Å²) in [6.07, 6.45) is 3.55. The van der Waals surface area contributed by atoms with Crippen molar-refractivity contribution in [3.8, 4) is 0 Å². The molecule has 5 heteroatoms. The lowest BCUT2D eigenvalue weighted by atomic mass is 10.0. The molecule has 2 rings (SSSR count). The molecular weight excluding hydrogens is 250 g/mol. The van der Waals surface area contributed by atoms with Crippen molar-refractivity contribution in [3.63, 3.8) is 0 Å². The van der Waals surface area contributed by atoms with E-state index in [4.69, 9.17) is 0 Å². The van der Waals surface area contributed by atoms with E-state index >= 15 is 0 Å². The summed E-state index contributed by atoms with van der Waals surface area (Å²) in [5.74, 6) is -1.52. The first kappa shape index (κ1) is 13.9. The second-order valence-corrected chi connectivity index (χ2v) is 4.90. The van der Waals surface area contributed by atoms with Gasteiger partial charge in [-0.25, -0.2) is 8.78 Å². The van der Waals surface area contributed by atoms with Crippen molar-refractivity contribution in [3.05, 3.63) is 29.8 Å². The van der Waals surface area contributed by atoms with Crippen LogP contribution in [0.2, 0.25) is 0 Å². The summed E-state index contributed by atoms with van der Waals surface area (Å²) in [7, 11) is 1.52. The zero-order valence-electron chi connectivity index (χ0n) is 11.0. The van der Waals surface area contributed by atoms with Gasteiger partial charge in [-0.1, -0.05) is 6.42 Å². The van der Waals surface area contributed by atoms with Gasteiger partial charge in [-0.05, 0) is 31.5 Å². The molecule has 0 saturated carbocycles. The van der Waals surface area contributed by atoms with Gasteiger partial charge in [0.15, 0.2) is 0 Å². The molecule has 0 aliphatic carbocycles. The molecule has 1 aromatic rings. The third kappa shape index (κ3) is 3.50. The van der Waals surface area contributed by atoms with Crippen LogP contribution in [0.5, 0.6) is 0 Å². The van der Waals surface area contributed by atoms with Crippen LogP contribution in [0.25, 0.3) is 0 Å². The predicted molar refractivity (Wildman–Crippen MR) is 70.0 cm³/mol. The van der Waals surface area contributed by atoms with Crippen LogP contribution >= 0.6 is 0 Å². The van der Waals surface area contributed by atoms with Gasteiger partial charge in [0, 0.05) is 25.6 Å². The fourth-order valence-corrected chi connectivity index (χ4v) is 2.33. The molecule has 1 saturated heterocycles. The van der Waals surface area contributed by atoms with E-state index < -0.39 is 11.6 Å². The van der Waals surface area contributed by atoms with E-state index in [0.29, 0.717) is 6.42 Å². The molecule has 3 nitrogen and oxygen atoms in total. The van der Waals surface area contributed by atoms with Gasteiger partial charge in [-0.2, -0.15) is 0 Å². The van der Waals surface area contributed by atoms with Crippen LogP contribution in [0.1, 0.15) is 25.7 Å². The fourth-order valence-electron chi connectivity index (χ4n) is 2.33. The van der Waals surface area contributed by atoms with Crippen molar-refractivity contribution >= 4 is 11.6 Å². The van der Waals surface area contributed by atoms with Crippen LogP contribution in [0.4, 0.5) is 14.5 Å². The number of anilines is 1. The van der Waals surface area contributed by atoms with Gasteiger partial charge in [0.1, 0.15) is 11.6 Å². The summed E-state index contributed by atoms with van der Waals surface area (Å²) in [5, 5.41) is 3.28. The first-order valence-electron chi connectivity index (χ1n) is 6.53. The quantitative estimate of drug-likeness (QED) is 0.913. The highest BCUT2D eigenvalue weighted by atomic mass is 19.1. The molecule has 1 unspecified atom stereocenters. The van der Waals surface area contributed by atoms with Crippen molar-refractivity contribution < 1.29 is 13.6 Å². The lowest BCUT2D eigenvalue weighted by Gasteiger charge is -2.25. The number of carbonyl (C=O) groups is 1. The number of halogens is 2. The molecule has 1 amide bonds. The molecule has 104 valence electrons. The normalized spacial score (nSPS) is 19.2. The molecule has 1 aliphatic heterocycles. The van der Waals surface area contributed by atoms with Gasteiger partial charge in [0.25, 0.3) is 0 Å². The Hall–Kier alpha value is -1.49. The average Bonchev–Trinajstić information content (AvgIpc) is 2.39. The van der Waals surface area contributed by atoms with Crippen LogP contribution < -0.4 is 10.2 Å². The number of hydrogen-bond donors (Lipinski definition) is 1. The Morgan fingerprint density at radius 1 is 1.42 bits per heavy atom. The molecule has 0 aromatic heterocycles. The number of hydrogen-bond acceptors (Lipinski definition) is 2. The standard InChI is InChI=1S/C14H18F2N2O/c1-18(13-6-5-10(15)8-12(13)16)14(19)9-11-4-2-3-7-17-11/h5-6,8,11,17H,2-4,7,9H2,1H3. The number of rotatable bonds is 3. The Labute approximate surface area is 111 Å².